The molecule has 19 heavy (non-hydrogen) atoms. The van der Waals surface area contributed by atoms with E-state index in [-0.39, 0.29) is 28.3 Å². The molecule has 0 saturated heterocycles. The van der Waals surface area contributed by atoms with Crippen molar-refractivity contribution < 1.29 is 17.9 Å². The Kier molecular flexibility index (Phi) is 4.89. The van der Waals surface area contributed by atoms with Crippen LogP contribution in [0.15, 0.2) is 11.0 Å². The SMILES string of the molecule is CCC(O)CNS(=O)(=O)c1c(C)cc(F)c(N)c1C. The van der Waals surface area contributed by atoms with E-state index in [0.717, 1.165) is 6.07 Å². The number of hydrogen-bond donors (Lipinski definition) is 3. The summed E-state index contributed by atoms with van der Waals surface area (Å²) in [4.78, 5) is -0.0327. The summed E-state index contributed by atoms with van der Waals surface area (Å²) >= 11 is 0. The van der Waals surface area contributed by atoms with Gasteiger partial charge in [-0.25, -0.2) is 17.5 Å². The topological polar surface area (TPSA) is 92.4 Å². The molecule has 1 atom stereocenters. The molecule has 108 valence electrons. The third-order valence-corrected chi connectivity index (χ3v) is 4.66. The standard InChI is InChI=1S/C12H19FN2O3S/c1-4-9(16)6-15-19(17,18)12-7(2)5-10(13)11(14)8(12)3/h5,9,15-16H,4,6,14H2,1-3H3. The number of halogens is 1. The molecule has 1 rings (SSSR count). The highest BCUT2D eigenvalue weighted by atomic mass is 32.2. The van der Waals surface area contributed by atoms with Crippen molar-refractivity contribution in [3.05, 3.63) is 23.0 Å². The minimum absolute atomic E-state index is 0.0327. The largest absolute Gasteiger partial charge is 0.396 e. The van der Waals surface area contributed by atoms with Crippen LogP contribution < -0.4 is 10.5 Å². The monoisotopic (exact) mass is 290 g/mol. The molecule has 0 heterocycles. The van der Waals surface area contributed by atoms with Crippen LogP contribution in [0, 0.1) is 19.7 Å². The number of benzene rings is 1. The van der Waals surface area contributed by atoms with E-state index in [1.165, 1.54) is 13.8 Å². The van der Waals surface area contributed by atoms with Crippen LogP contribution >= 0.6 is 0 Å². The molecule has 5 nitrogen and oxygen atoms in total. The second-order valence-electron chi connectivity index (χ2n) is 4.46. The molecule has 0 aliphatic carbocycles. The van der Waals surface area contributed by atoms with Gasteiger partial charge in [-0.3, -0.25) is 0 Å². The van der Waals surface area contributed by atoms with Gasteiger partial charge in [-0.15, -0.1) is 0 Å². The van der Waals surface area contributed by atoms with Crippen LogP contribution in [0.25, 0.3) is 0 Å². The molecule has 0 bridgehead atoms. The number of aliphatic hydroxyl groups is 1. The van der Waals surface area contributed by atoms with Crippen molar-refractivity contribution in [2.24, 2.45) is 0 Å². The second-order valence-corrected chi connectivity index (χ2v) is 6.16. The number of nitrogens with one attached hydrogen (secondary N) is 1. The van der Waals surface area contributed by atoms with E-state index in [1.54, 1.807) is 6.92 Å². The zero-order valence-corrected chi connectivity index (χ0v) is 12.0. The Morgan fingerprint density at radius 1 is 1.47 bits per heavy atom. The lowest BCUT2D eigenvalue weighted by Crippen LogP contribution is -2.32. The number of nitrogen functional groups attached to an aromatic ring is 1. The second kappa shape index (κ2) is 5.85. The molecule has 4 N–H and O–H groups in total. The Hall–Kier alpha value is -1.18. The minimum atomic E-state index is -3.82. The van der Waals surface area contributed by atoms with Crippen LogP contribution in [0.4, 0.5) is 10.1 Å². The van der Waals surface area contributed by atoms with Crippen molar-refractivity contribution >= 4 is 15.7 Å². The van der Waals surface area contributed by atoms with Crippen LogP contribution in [0.1, 0.15) is 24.5 Å². The Bertz CT molecular complexity index is 573. The first-order valence-corrected chi connectivity index (χ1v) is 7.42. The van der Waals surface area contributed by atoms with Gasteiger partial charge < -0.3 is 10.8 Å². The molecule has 0 aliphatic heterocycles. The van der Waals surface area contributed by atoms with Crippen LogP contribution in [0.3, 0.4) is 0 Å². The van der Waals surface area contributed by atoms with Crippen molar-refractivity contribution in [2.45, 2.75) is 38.2 Å². The number of sulfonamides is 1. The van der Waals surface area contributed by atoms with Gasteiger partial charge in [0, 0.05) is 6.54 Å². The zero-order chi connectivity index (χ0) is 14.8. The van der Waals surface area contributed by atoms with E-state index < -0.39 is 21.9 Å². The predicted octanol–water partition coefficient (Wildman–Crippen LogP) is 1.07. The van der Waals surface area contributed by atoms with E-state index in [4.69, 9.17) is 5.73 Å². The molecule has 0 spiro atoms. The summed E-state index contributed by atoms with van der Waals surface area (Å²) in [5, 5.41) is 9.39. The van der Waals surface area contributed by atoms with Gasteiger partial charge in [-0.05, 0) is 37.5 Å². The van der Waals surface area contributed by atoms with Crippen molar-refractivity contribution in [1.82, 2.24) is 4.72 Å². The van der Waals surface area contributed by atoms with Crippen LogP contribution in [0.2, 0.25) is 0 Å². The summed E-state index contributed by atoms with van der Waals surface area (Å²) < 4.78 is 40.0. The Morgan fingerprint density at radius 2 is 2.05 bits per heavy atom. The first kappa shape index (κ1) is 15.9. The summed E-state index contributed by atoms with van der Waals surface area (Å²) in [5.41, 5.74) is 5.79. The van der Waals surface area contributed by atoms with Crippen LogP contribution in [0.5, 0.6) is 0 Å². The molecule has 0 fully saturated rings. The van der Waals surface area contributed by atoms with Crippen molar-refractivity contribution in [1.29, 1.82) is 0 Å². The summed E-state index contributed by atoms with van der Waals surface area (Å²) in [7, 11) is -3.82. The molecule has 7 heteroatoms. The number of hydrogen-bond acceptors (Lipinski definition) is 4. The normalized spacial score (nSPS) is 13.5. The Balaban J connectivity index is 3.19. The average Bonchev–Trinajstić information content (AvgIpc) is 2.33. The van der Waals surface area contributed by atoms with Gasteiger partial charge in [0.1, 0.15) is 5.82 Å². The highest BCUT2D eigenvalue weighted by molar-refractivity contribution is 7.89. The summed E-state index contributed by atoms with van der Waals surface area (Å²) in [6, 6.07) is 1.09. The molecule has 1 aromatic rings. The Morgan fingerprint density at radius 3 is 2.58 bits per heavy atom. The number of rotatable bonds is 5. The molecule has 0 saturated carbocycles. The van der Waals surface area contributed by atoms with Gasteiger partial charge >= 0.3 is 0 Å². The third kappa shape index (κ3) is 3.43. The van der Waals surface area contributed by atoms with E-state index in [0.29, 0.717) is 6.42 Å². The zero-order valence-electron chi connectivity index (χ0n) is 11.2. The smallest absolute Gasteiger partial charge is 0.241 e. The van der Waals surface area contributed by atoms with E-state index in [9.17, 15) is 17.9 Å². The maximum absolute atomic E-state index is 13.4. The summed E-state index contributed by atoms with van der Waals surface area (Å²) in [6.45, 7) is 4.61. The maximum atomic E-state index is 13.4. The first-order valence-electron chi connectivity index (χ1n) is 5.93. The number of aliphatic hydroxyl groups excluding tert-OH is 1. The number of anilines is 1. The van der Waals surface area contributed by atoms with Crippen molar-refractivity contribution in [2.75, 3.05) is 12.3 Å². The number of aryl methyl sites for hydroxylation is 1. The van der Waals surface area contributed by atoms with Crippen LogP contribution in [-0.2, 0) is 10.0 Å². The molecule has 1 unspecified atom stereocenters. The number of nitrogens with two attached hydrogens (primary N) is 1. The molecular weight excluding hydrogens is 271 g/mol. The predicted molar refractivity (Wildman–Crippen MR) is 71.8 cm³/mol. The Labute approximate surface area is 112 Å². The summed E-state index contributed by atoms with van der Waals surface area (Å²) in [5.74, 6) is -0.637. The summed E-state index contributed by atoms with van der Waals surface area (Å²) in [6.07, 6.45) is -0.320. The van der Waals surface area contributed by atoms with Gasteiger partial charge in [0.25, 0.3) is 0 Å². The lowest BCUT2D eigenvalue weighted by Gasteiger charge is -2.15. The molecule has 0 aliphatic rings. The molecule has 0 radical (unpaired) electrons. The van der Waals surface area contributed by atoms with Gasteiger partial charge in [0.15, 0.2) is 0 Å². The third-order valence-electron chi connectivity index (χ3n) is 2.95. The lowest BCUT2D eigenvalue weighted by atomic mass is 10.1. The molecule has 0 aromatic heterocycles. The molecule has 1 aromatic carbocycles. The minimum Gasteiger partial charge on any atom is -0.396 e. The molecule has 0 amide bonds. The highest BCUT2D eigenvalue weighted by Gasteiger charge is 2.23. The average molecular weight is 290 g/mol. The van der Waals surface area contributed by atoms with E-state index in [2.05, 4.69) is 4.72 Å². The van der Waals surface area contributed by atoms with Gasteiger partial charge in [0.05, 0.1) is 16.7 Å². The van der Waals surface area contributed by atoms with E-state index in [1.807, 2.05) is 0 Å². The van der Waals surface area contributed by atoms with Crippen molar-refractivity contribution in [3.8, 4) is 0 Å². The van der Waals surface area contributed by atoms with Gasteiger partial charge in [-0.1, -0.05) is 6.92 Å². The fraction of sp³-hybridized carbons (Fsp3) is 0.500. The lowest BCUT2D eigenvalue weighted by molar-refractivity contribution is 0.174. The first-order chi connectivity index (χ1) is 8.70. The fourth-order valence-electron chi connectivity index (χ4n) is 1.77. The fourth-order valence-corrected chi connectivity index (χ4v) is 3.32. The maximum Gasteiger partial charge on any atom is 0.241 e. The molecular formula is C12H19FN2O3S. The van der Waals surface area contributed by atoms with Crippen LogP contribution in [-0.4, -0.2) is 26.2 Å². The van der Waals surface area contributed by atoms with Gasteiger partial charge in [0.2, 0.25) is 10.0 Å². The van der Waals surface area contributed by atoms with E-state index >= 15 is 0 Å². The van der Waals surface area contributed by atoms with Crippen molar-refractivity contribution in [3.63, 3.8) is 0 Å². The quantitative estimate of drug-likeness (QED) is 0.707. The highest BCUT2D eigenvalue weighted by Crippen LogP contribution is 2.27. The van der Waals surface area contributed by atoms with Gasteiger partial charge in [-0.2, -0.15) is 0 Å².